The number of benzene rings is 1. The van der Waals surface area contributed by atoms with Crippen LogP contribution in [0.4, 0.5) is 0 Å². The Morgan fingerprint density at radius 3 is 2.95 bits per heavy atom. The molecule has 0 unspecified atom stereocenters. The van der Waals surface area contributed by atoms with Crippen LogP contribution in [-0.4, -0.2) is 22.8 Å². The van der Waals surface area contributed by atoms with Gasteiger partial charge in [-0.3, -0.25) is 0 Å². The van der Waals surface area contributed by atoms with Gasteiger partial charge in [-0.15, -0.1) is 0 Å². The highest BCUT2D eigenvalue weighted by Gasteiger charge is 2.23. The van der Waals surface area contributed by atoms with Gasteiger partial charge in [-0.1, -0.05) is 11.2 Å². The first-order valence-corrected chi connectivity index (χ1v) is 7.06. The van der Waals surface area contributed by atoms with Crippen LogP contribution >= 0.6 is 15.9 Å². The highest BCUT2D eigenvalue weighted by Crippen LogP contribution is 2.37. The molecule has 6 heteroatoms. The number of carbonyl (C=O) groups is 1. The van der Waals surface area contributed by atoms with Crippen molar-refractivity contribution in [3.8, 4) is 17.1 Å². The minimum atomic E-state index is -1.11. The molecule has 0 aliphatic heterocycles. The maximum Gasteiger partial charge on any atom is 0.358 e. The van der Waals surface area contributed by atoms with Crippen LogP contribution < -0.4 is 4.74 Å². The van der Waals surface area contributed by atoms with Crippen LogP contribution in [0.1, 0.15) is 23.3 Å². The van der Waals surface area contributed by atoms with Crippen molar-refractivity contribution in [2.75, 3.05) is 6.61 Å². The summed E-state index contributed by atoms with van der Waals surface area (Å²) in [6.07, 6.45) is 2.45. The van der Waals surface area contributed by atoms with Gasteiger partial charge >= 0.3 is 5.97 Å². The molecule has 0 radical (unpaired) electrons. The number of hydrogen-bond donors (Lipinski definition) is 1. The third-order valence-corrected chi connectivity index (χ3v) is 3.95. The van der Waals surface area contributed by atoms with E-state index in [0.717, 1.165) is 15.8 Å². The molecule has 1 aromatic heterocycles. The monoisotopic (exact) mass is 337 g/mol. The lowest BCUT2D eigenvalue weighted by Crippen LogP contribution is -1.99. The molecule has 104 valence electrons. The van der Waals surface area contributed by atoms with E-state index >= 15 is 0 Å². The normalized spacial score (nSPS) is 14.2. The number of nitrogens with zero attached hydrogens (tertiary/aromatic N) is 1. The largest absolute Gasteiger partial charge is 0.492 e. The van der Waals surface area contributed by atoms with Crippen LogP contribution in [-0.2, 0) is 0 Å². The van der Waals surface area contributed by atoms with Crippen LogP contribution in [0, 0.1) is 5.92 Å². The number of carboxylic acid groups (broad SMARTS) is 1. The summed E-state index contributed by atoms with van der Waals surface area (Å²) in [5.41, 5.74) is 0.606. The standard InChI is InChI=1S/C14H12BrNO4/c15-13-9(12-6-10(14(17)18)16-20-12)2-1-3-11(13)19-7-8-4-5-8/h1-3,6,8H,4-5,7H2,(H,17,18). The number of halogens is 1. The van der Waals surface area contributed by atoms with Gasteiger partial charge < -0.3 is 14.4 Å². The van der Waals surface area contributed by atoms with Gasteiger partial charge in [0.1, 0.15) is 5.75 Å². The van der Waals surface area contributed by atoms with Gasteiger partial charge in [-0.2, -0.15) is 0 Å². The predicted molar refractivity (Wildman–Crippen MR) is 74.8 cm³/mol. The summed E-state index contributed by atoms with van der Waals surface area (Å²) in [6, 6.07) is 6.92. The third kappa shape index (κ3) is 2.70. The van der Waals surface area contributed by atoms with E-state index < -0.39 is 5.97 Å². The minimum absolute atomic E-state index is 0.115. The van der Waals surface area contributed by atoms with Crippen molar-refractivity contribution in [2.24, 2.45) is 5.92 Å². The van der Waals surface area contributed by atoms with Gasteiger partial charge in [0, 0.05) is 11.6 Å². The summed E-state index contributed by atoms with van der Waals surface area (Å²) in [5, 5.41) is 12.4. The molecule has 1 saturated carbocycles. The molecule has 1 fully saturated rings. The summed E-state index contributed by atoms with van der Waals surface area (Å²) >= 11 is 3.47. The Kier molecular flexibility index (Phi) is 3.48. The van der Waals surface area contributed by atoms with Gasteiger partial charge in [0.15, 0.2) is 11.5 Å². The average molecular weight is 338 g/mol. The molecule has 0 amide bonds. The average Bonchev–Trinajstić information content (AvgIpc) is 3.12. The van der Waals surface area contributed by atoms with E-state index in [1.165, 1.54) is 18.9 Å². The number of carboxylic acids is 1. The first kappa shape index (κ1) is 13.2. The lowest BCUT2D eigenvalue weighted by atomic mass is 10.1. The second kappa shape index (κ2) is 5.28. The van der Waals surface area contributed by atoms with Crippen molar-refractivity contribution < 1.29 is 19.2 Å². The number of rotatable bonds is 5. The maximum absolute atomic E-state index is 10.8. The minimum Gasteiger partial charge on any atom is -0.492 e. The van der Waals surface area contributed by atoms with Crippen molar-refractivity contribution in [3.05, 3.63) is 34.4 Å². The molecular weight excluding hydrogens is 326 g/mol. The molecule has 0 bridgehead atoms. The van der Waals surface area contributed by atoms with Crippen LogP contribution in [0.5, 0.6) is 5.75 Å². The van der Waals surface area contributed by atoms with Gasteiger partial charge in [0.25, 0.3) is 0 Å². The lowest BCUT2D eigenvalue weighted by molar-refractivity contribution is 0.0686. The van der Waals surface area contributed by atoms with Crippen molar-refractivity contribution in [3.63, 3.8) is 0 Å². The van der Waals surface area contributed by atoms with Crippen LogP contribution in [0.3, 0.4) is 0 Å². The van der Waals surface area contributed by atoms with Crippen molar-refractivity contribution >= 4 is 21.9 Å². The second-order valence-electron chi connectivity index (χ2n) is 4.75. The van der Waals surface area contributed by atoms with Gasteiger partial charge in [-0.05, 0) is 46.8 Å². The Morgan fingerprint density at radius 2 is 2.30 bits per heavy atom. The van der Waals surface area contributed by atoms with Crippen molar-refractivity contribution in [1.29, 1.82) is 0 Å². The van der Waals surface area contributed by atoms with E-state index in [9.17, 15) is 4.79 Å². The topological polar surface area (TPSA) is 72.6 Å². The van der Waals surface area contributed by atoms with E-state index in [0.29, 0.717) is 18.3 Å². The van der Waals surface area contributed by atoms with Gasteiger partial charge in [0.2, 0.25) is 0 Å². The van der Waals surface area contributed by atoms with Crippen LogP contribution in [0.2, 0.25) is 0 Å². The third-order valence-electron chi connectivity index (χ3n) is 3.13. The molecule has 1 aromatic carbocycles. The molecule has 0 spiro atoms. The fourth-order valence-corrected chi connectivity index (χ4v) is 2.38. The molecule has 1 aliphatic carbocycles. The second-order valence-corrected chi connectivity index (χ2v) is 5.55. The zero-order valence-corrected chi connectivity index (χ0v) is 12.1. The number of aromatic carboxylic acids is 1. The molecule has 0 saturated heterocycles. The molecule has 5 nitrogen and oxygen atoms in total. The Balaban J connectivity index is 1.87. The number of aromatic nitrogens is 1. The van der Waals surface area contributed by atoms with Gasteiger partial charge in [-0.25, -0.2) is 4.79 Å². The van der Waals surface area contributed by atoms with E-state index in [2.05, 4.69) is 21.1 Å². The summed E-state index contributed by atoms with van der Waals surface area (Å²) in [5.74, 6) is 0.667. The fourth-order valence-electron chi connectivity index (χ4n) is 1.81. The van der Waals surface area contributed by atoms with Gasteiger partial charge in [0.05, 0.1) is 11.1 Å². The van der Waals surface area contributed by atoms with E-state index in [4.69, 9.17) is 14.4 Å². The molecule has 2 aromatic rings. The fraction of sp³-hybridized carbons (Fsp3) is 0.286. The summed E-state index contributed by atoms with van der Waals surface area (Å²) in [7, 11) is 0. The summed E-state index contributed by atoms with van der Waals surface area (Å²) in [6.45, 7) is 0.707. The maximum atomic E-state index is 10.8. The molecule has 0 atom stereocenters. The quantitative estimate of drug-likeness (QED) is 0.902. The molecule has 1 aliphatic rings. The Bertz CT molecular complexity index is 648. The first-order chi connectivity index (χ1) is 9.65. The number of ether oxygens (including phenoxy) is 1. The van der Waals surface area contributed by atoms with Crippen LogP contribution in [0.25, 0.3) is 11.3 Å². The summed E-state index contributed by atoms with van der Waals surface area (Å²) in [4.78, 5) is 10.8. The summed E-state index contributed by atoms with van der Waals surface area (Å²) < 4.78 is 11.6. The zero-order valence-electron chi connectivity index (χ0n) is 10.5. The Labute approximate surface area is 123 Å². The molecule has 3 rings (SSSR count). The molecule has 1 N–H and O–H groups in total. The molecular formula is C14H12BrNO4. The predicted octanol–water partition coefficient (Wildman–Crippen LogP) is 3.59. The smallest absolute Gasteiger partial charge is 0.358 e. The Hall–Kier alpha value is -1.82. The first-order valence-electron chi connectivity index (χ1n) is 6.27. The zero-order chi connectivity index (χ0) is 14.1. The molecule has 20 heavy (non-hydrogen) atoms. The molecule has 1 heterocycles. The SMILES string of the molecule is O=C(O)c1cc(-c2cccc(OCC3CC3)c2Br)on1. The van der Waals surface area contributed by atoms with Crippen molar-refractivity contribution in [2.45, 2.75) is 12.8 Å². The highest BCUT2D eigenvalue weighted by atomic mass is 79.9. The Morgan fingerprint density at radius 1 is 1.50 bits per heavy atom. The van der Waals surface area contributed by atoms with Crippen LogP contribution in [0.15, 0.2) is 33.3 Å². The van der Waals surface area contributed by atoms with E-state index in [1.54, 1.807) is 0 Å². The van der Waals surface area contributed by atoms with E-state index in [1.807, 2.05) is 18.2 Å². The highest BCUT2D eigenvalue weighted by molar-refractivity contribution is 9.10. The van der Waals surface area contributed by atoms with E-state index in [-0.39, 0.29) is 5.69 Å². The van der Waals surface area contributed by atoms with Crippen molar-refractivity contribution in [1.82, 2.24) is 5.16 Å². The number of hydrogen-bond acceptors (Lipinski definition) is 4. The lowest BCUT2D eigenvalue weighted by Gasteiger charge is -2.09.